The first kappa shape index (κ1) is 30.2. The van der Waals surface area contributed by atoms with Crippen LogP contribution in [0.2, 0.25) is 0 Å². The molecule has 0 radical (unpaired) electrons. The van der Waals surface area contributed by atoms with Gasteiger partial charge >= 0.3 is 0 Å². The van der Waals surface area contributed by atoms with Gasteiger partial charge in [-0.15, -0.1) is 0 Å². The van der Waals surface area contributed by atoms with E-state index in [-0.39, 0.29) is 17.4 Å². The van der Waals surface area contributed by atoms with E-state index in [2.05, 4.69) is 10.6 Å². The van der Waals surface area contributed by atoms with Crippen LogP contribution < -0.4 is 24.8 Å². The Balaban J connectivity index is 1.38. The van der Waals surface area contributed by atoms with Crippen molar-refractivity contribution in [1.82, 2.24) is 4.90 Å². The maximum atomic E-state index is 13.0. The number of imide groups is 1. The molecule has 2 N–H and O–H groups in total. The van der Waals surface area contributed by atoms with Gasteiger partial charge in [0.05, 0.1) is 18.1 Å². The SMILES string of the molecule is CCOc1ccc(NC(=O)CN2C(=O)S/C(=C/c3ccc(OCC(=O)Nc4cccc(C)c4)c(OCC)c3)C2=O)cc1. The van der Waals surface area contributed by atoms with Gasteiger partial charge in [0.15, 0.2) is 18.1 Å². The Morgan fingerprint density at radius 3 is 2.29 bits per heavy atom. The molecule has 4 amide bonds. The number of carbonyl (C=O) groups excluding carboxylic acids is 4. The number of benzene rings is 3. The topological polar surface area (TPSA) is 123 Å². The molecule has 0 aromatic heterocycles. The van der Waals surface area contributed by atoms with Crippen molar-refractivity contribution in [2.75, 3.05) is 37.0 Å². The van der Waals surface area contributed by atoms with Gasteiger partial charge in [-0.1, -0.05) is 18.2 Å². The van der Waals surface area contributed by atoms with E-state index in [9.17, 15) is 19.2 Å². The monoisotopic (exact) mass is 589 g/mol. The second kappa shape index (κ2) is 14.2. The Kier molecular flexibility index (Phi) is 10.2. The maximum Gasteiger partial charge on any atom is 0.294 e. The van der Waals surface area contributed by atoms with Gasteiger partial charge in [-0.2, -0.15) is 0 Å². The lowest BCUT2D eigenvalue weighted by atomic mass is 10.2. The number of nitrogens with one attached hydrogen (secondary N) is 2. The molecule has 3 aromatic carbocycles. The minimum absolute atomic E-state index is 0.169. The van der Waals surface area contributed by atoms with Crippen LogP contribution in [0, 0.1) is 6.92 Å². The fraction of sp³-hybridized carbons (Fsp3) is 0.226. The Morgan fingerprint density at radius 2 is 1.57 bits per heavy atom. The highest BCUT2D eigenvalue weighted by atomic mass is 32.2. The van der Waals surface area contributed by atoms with Crippen LogP contribution in [0.4, 0.5) is 16.2 Å². The van der Waals surface area contributed by atoms with Crippen molar-refractivity contribution in [2.24, 2.45) is 0 Å². The first-order chi connectivity index (χ1) is 20.2. The van der Waals surface area contributed by atoms with E-state index in [0.717, 1.165) is 22.2 Å². The van der Waals surface area contributed by atoms with E-state index in [4.69, 9.17) is 14.2 Å². The van der Waals surface area contributed by atoms with Crippen molar-refractivity contribution < 1.29 is 33.4 Å². The highest BCUT2D eigenvalue weighted by Gasteiger charge is 2.36. The van der Waals surface area contributed by atoms with Crippen molar-refractivity contribution in [2.45, 2.75) is 20.8 Å². The van der Waals surface area contributed by atoms with Crippen molar-refractivity contribution in [3.63, 3.8) is 0 Å². The summed E-state index contributed by atoms with van der Waals surface area (Å²) in [5.74, 6) is -0.00195. The van der Waals surface area contributed by atoms with Crippen molar-refractivity contribution >= 4 is 52.2 Å². The molecule has 0 saturated carbocycles. The van der Waals surface area contributed by atoms with Crippen LogP contribution in [0.15, 0.2) is 71.6 Å². The summed E-state index contributed by atoms with van der Waals surface area (Å²) in [6, 6.07) is 19.2. The lowest BCUT2D eigenvalue weighted by molar-refractivity contribution is -0.127. The van der Waals surface area contributed by atoms with Crippen molar-refractivity contribution in [3.8, 4) is 17.2 Å². The fourth-order valence-corrected chi connectivity index (χ4v) is 4.84. The van der Waals surface area contributed by atoms with Gasteiger partial charge in [0.1, 0.15) is 12.3 Å². The van der Waals surface area contributed by atoms with Crippen LogP contribution in [0.25, 0.3) is 6.08 Å². The van der Waals surface area contributed by atoms with E-state index in [1.165, 1.54) is 0 Å². The molecule has 0 atom stereocenters. The van der Waals surface area contributed by atoms with E-state index in [1.54, 1.807) is 54.6 Å². The molecule has 1 heterocycles. The molecule has 1 aliphatic heterocycles. The van der Waals surface area contributed by atoms with Crippen LogP contribution in [-0.4, -0.2) is 54.2 Å². The Hall–Kier alpha value is -4.77. The molecule has 4 rings (SSSR count). The fourth-order valence-electron chi connectivity index (χ4n) is 4.00. The second-order valence-electron chi connectivity index (χ2n) is 9.12. The predicted octanol–water partition coefficient (Wildman–Crippen LogP) is 5.48. The number of nitrogens with zero attached hydrogens (tertiary/aromatic N) is 1. The quantitative estimate of drug-likeness (QED) is 0.266. The van der Waals surface area contributed by atoms with E-state index in [1.807, 2.05) is 39.0 Å². The van der Waals surface area contributed by atoms with Crippen LogP contribution in [-0.2, 0) is 14.4 Å². The molecule has 10 nitrogen and oxygen atoms in total. The van der Waals surface area contributed by atoms with E-state index < -0.39 is 23.6 Å². The van der Waals surface area contributed by atoms with Crippen LogP contribution >= 0.6 is 11.8 Å². The maximum absolute atomic E-state index is 13.0. The number of amides is 4. The number of ether oxygens (including phenoxy) is 3. The van der Waals surface area contributed by atoms with Gasteiger partial charge in [-0.25, -0.2) is 0 Å². The Bertz CT molecular complexity index is 1500. The third-order valence-corrected chi connectivity index (χ3v) is 6.76. The van der Waals surface area contributed by atoms with E-state index >= 15 is 0 Å². The highest BCUT2D eigenvalue weighted by Crippen LogP contribution is 2.34. The standard InChI is InChI=1S/C31H31N3O7S/c1-4-39-24-12-10-22(11-13-24)32-28(35)18-34-30(37)27(42-31(34)38)17-21-9-14-25(26(16-21)40-5-2)41-19-29(36)33-23-8-6-7-20(3)15-23/h6-17H,4-5,18-19H2,1-3H3,(H,32,35)(H,33,36)/b27-17+. The van der Waals surface area contributed by atoms with Crippen LogP contribution in [0.5, 0.6) is 17.2 Å². The van der Waals surface area contributed by atoms with Gasteiger partial charge in [-0.3, -0.25) is 24.1 Å². The zero-order chi connectivity index (χ0) is 30.1. The normalized spacial score (nSPS) is 13.7. The molecular formula is C31H31N3O7S. The average Bonchev–Trinajstić information content (AvgIpc) is 3.21. The van der Waals surface area contributed by atoms with E-state index in [0.29, 0.717) is 47.4 Å². The Morgan fingerprint density at radius 1 is 0.833 bits per heavy atom. The largest absolute Gasteiger partial charge is 0.494 e. The third kappa shape index (κ3) is 8.14. The minimum Gasteiger partial charge on any atom is -0.494 e. The molecule has 1 aliphatic rings. The molecule has 0 bridgehead atoms. The molecule has 0 spiro atoms. The number of thioether (sulfide) groups is 1. The van der Waals surface area contributed by atoms with Gasteiger partial charge in [0, 0.05) is 11.4 Å². The van der Waals surface area contributed by atoms with Crippen molar-refractivity contribution in [3.05, 3.63) is 82.8 Å². The molecule has 218 valence electrons. The zero-order valence-electron chi connectivity index (χ0n) is 23.5. The van der Waals surface area contributed by atoms with Gasteiger partial charge in [-0.05, 0) is 98.3 Å². The molecule has 11 heteroatoms. The van der Waals surface area contributed by atoms with Gasteiger partial charge in [0.25, 0.3) is 17.1 Å². The van der Waals surface area contributed by atoms with Crippen LogP contribution in [0.1, 0.15) is 25.0 Å². The highest BCUT2D eigenvalue weighted by molar-refractivity contribution is 8.18. The zero-order valence-corrected chi connectivity index (χ0v) is 24.3. The number of rotatable bonds is 12. The van der Waals surface area contributed by atoms with Crippen molar-refractivity contribution in [1.29, 1.82) is 0 Å². The summed E-state index contributed by atoms with van der Waals surface area (Å²) < 4.78 is 16.8. The van der Waals surface area contributed by atoms with Gasteiger partial charge in [0.2, 0.25) is 5.91 Å². The predicted molar refractivity (Wildman–Crippen MR) is 162 cm³/mol. The summed E-state index contributed by atoms with van der Waals surface area (Å²) in [6.07, 6.45) is 1.55. The number of carbonyl (C=O) groups is 4. The first-order valence-corrected chi connectivity index (χ1v) is 14.1. The van der Waals surface area contributed by atoms with Crippen LogP contribution in [0.3, 0.4) is 0 Å². The summed E-state index contributed by atoms with van der Waals surface area (Å²) >= 11 is 0.749. The molecule has 0 unspecified atom stereocenters. The average molecular weight is 590 g/mol. The molecule has 1 fully saturated rings. The lowest BCUT2D eigenvalue weighted by Crippen LogP contribution is -2.36. The number of hydrogen-bond donors (Lipinski definition) is 2. The van der Waals surface area contributed by atoms with Gasteiger partial charge < -0.3 is 24.8 Å². The lowest BCUT2D eigenvalue weighted by Gasteiger charge is -2.13. The second-order valence-corrected chi connectivity index (χ2v) is 10.1. The molecule has 0 aliphatic carbocycles. The molecule has 3 aromatic rings. The molecule has 1 saturated heterocycles. The first-order valence-electron chi connectivity index (χ1n) is 13.3. The number of anilines is 2. The summed E-state index contributed by atoms with van der Waals surface area (Å²) in [4.78, 5) is 51.5. The number of hydrogen-bond acceptors (Lipinski definition) is 8. The smallest absolute Gasteiger partial charge is 0.294 e. The summed E-state index contributed by atoms with van der Waals surface area (Å²) in [5, 5.41) is 4.92. The third-order valence-electron chi connectivity index (χ3n) is 5.85. The molecule has 42 heavy (non-hydrogen) atoms. The summed E-state index contributed by atoms with van der Waals surface area (Å²) in [7, 11) is 0. The minimum atomic E-state index is -0.571. The Labute approximate surface area is 248 Å². The molecular weight excluding hydrogens is 558 g/mol. The summed E-state index contributed by atoms with van der Waals surface area (Å²) in [5.41, 5.74) is 2.79. The number of aryl methyl sites for hydroxylation is 1. The summed E-state index contributed by atoms with van der Waals surface area (Å²) in [6.45, 7) is 5.83.